The van der Waals surface area contributed by atoms with Crippen molar-refractivity contribution in [1.29, 1.82) is 5.26 Å². The molecule has 0 aliphatic carbocycles. The second-order valence-corrected chi connectivity index (χ2v) is 5.19. The van der Waals surface area contributed by atoms with Crippen LogP contribution in [0.15, 0.2) is 48.7 Å². The molecule has 1 aromatic rings. The van der Waals surface area contributed by atoms with Crippen molar-refractivity contribution in [3.8, 4) is 17.5 Å². The number of aromatic nitrogens is 2. The van der Waals surface area contributed by atoms with E-state index in [4.69, 9.17) is 5.26 Å². The van der Waals surface area contributed by atoms with Crippen LogP contribution in [0.5, 0.6) is 0 Å². The molecule has 0 unspecified atom stereocenters. The largest absolute Gasteiger partial charge is 0.332 e. The molecule has 21 heavy (non-hydrogen) atoms. The first kappa shape index (κ1) is 13.4. The molecule has 0 spiro atoms. The number of nitriles is 1. The predicted octanol–water partition coefficient (Wildman–Crippen LogP) is 3.61. The van der Waals surface area contributed by atoms with Crippen molar-refractivity contribution < 1.29 is 0 Å². The van der Waals surface area contributed by atoms with Crippen molar-refractivity contribution in [2.24, 2.45) is 0 Å². The van der Waals surface area contributed by atoms with Crippen LogP contribution in [0.1, 0.15) is 16.8 Å². The Balaban J connectivity index is 1.88. The lowest BCUT2D eigenvalue weighted by Gasteiger charge is -2.11. The monoisotopic (exact) mass is 275 g/mol. The highest BCUT2D eigenvalue weighted by atomic mass is 15.0. The van der Waals surface area contributed by atoms with Crippen molar-refractivity contribution in [1.82, 2.24) is 9.55 Å². The van der Waals surface area contributed by atoms with Crippen LogP contribution >= 0.6 is 0 Å². The zero-order valence-corrected chi connectivity index (χ0v) is 12.1. The molecule has 3 rings (SSSR count). The van der Waals surface area contributed by atoms with Gasteiger partial charge in [0, 0.05) is 24.0 Å². The smallest absolute Gasteiger partial charge is 0.140 e. The predicted molar refractivity (Wildman–Crippen MR) is 83.0 cm³/mol. The lowest BCUT2D eigenvalue weighted by atomic mass is 10.1. The van der Waals surface area contributed by atoms with Gasteiger partial charge in [0.2, 0.25) is 0 Å². The summed E-state index contributed by atoms with van der Waals surface area (Å²) < 4.78 is 2.18. The van der Waals surface area contributed by atoms with Crippen LogP contribution in [0.4, 0.5) is 0 Å². The van der Waals surface area contributed by atoms with Gasteiger partial charge in [0.15, 0.2) is 0 Å². The van der Waals surface area contributed by atoms with Crippen LogP contribution in [0.3, 0.4) is 0 Å². The fourth-order valence-electron chi connectivity index (χ4n) is 2.70. The summed E-state index contributed by atoms with van der Waals surface area (Å²) in [6.45, 7) is 2.87. The molecule has 0 N–H and O–H groups in total. The van der Waals surface area contributed by atoms with Gasteiger partial charge in [0.25, 0.3) is 0 Å². The highest BCUT2D eigenvalue weighted by Gasteiger charge is 2.17. The van der Waals surface area contributed by atoms with Crippen molar-refractivity contribution in [2.45, 2.75) is 26.3 Å². The van der Waals surface area contributed by atoms with Crippen LogP contribution < -0.4 is 0 Å². The maximum Gasteiger partial charge on any atom is 0.140 e. The molecular formula is C18H17N3. The molecule has 0 fully saturated rings. The first-order valence-corrected chi connectivity index (χ1v) is 7.15. The molecular weight excluding hydrogens is 258 g/mol. The Morgan fingerprint density at radius 1 is 1.14 bits per heavy atom. The number of hydrogen-bond donors (Lipinski definition) is 0. The summed E-state index contributed by atoms with van der Waals surface area (Å²) in [5.74, 6) is 0.983. The minimum atomic E-state index is 0.422. The Morgan fingerprint density at radius 2 is 1.95 bits per heavy atom. The molecule has 2 heterocycles. The van der Waals surface area contributed by atoms with E-state index in [1.807, 2.05) is 19.1 Å². The Kier molecular flexibility index (Phi) is 3.70. The van der Waals surface area contributed by atoms with Gasteiger partial charge in [-0.3, -0.25) is 0 Å². The van der Waals surface area contributed by atoms with Crippen LogP contribution in [-0.2, 0) is 19.4 Å². The van der Waals surface area contributed by atoms with Crippen LogP contribution in [0.2, 0.25) is 0 Å². The Bertz CT molecular complexity index is 750. The van der Waals surface area contributed by atoms with Crippen molar-refractivity contribution in [3.63, 3.8) is 0 Å². The van der Waals surface area contributed by atoms with Gasteiger partial charge < -0.3 is 4.57 Å². The van der Waals surface area contributed by atoms with Gasteiger partial charge in [0.05, 0.1) is 12.5 Å². The number of aryl methyl sites for hydroxylation is 3. The Labute approximate surface area is 124 Å². The average molecular weight is 275 g/mol. The summed E-state index contributed by atoms with van der Waals surface area (Å²) in [4.78, 5) is 4.66. The molecule has 104 valence electrons. The number of benzene rings is 1. The number of nitrogens with zero attached hydrogens (tertiary/aromatic N) is 3. The Morgan fingerprint density at radius 3 is 2.71 bits per heavy atom. The second-order valence-electron chi connectivity index (χ2n) is 5.19. The maximum absolute atomic E-state index is 8.96. The van der Waals surface area contributed by atoms with Gasteiger partial charge in [-0.2, -0.15) is 5.26 Å². The van der Waals surface area contributed by atoms with Gasteiger partial charge in [0.1, 0.15) is 5.82 Å². The second kappa shape index (κ2) is 5.80. The summed E-state index contributed by atoms with van der Waals surface area (Å²) in [5.41, 5.74) is 4.44. The van der Waals surface area contributed by atoms with Gasteiger partial charge >= 0.3 is 0 Å². The average Bonchev–Trinajstić information content (AvgIpc) is 2.83. The van der Waals surface area contributed by atoms with E-state index in [0.717, 1.165) is 35.6 Å². The van der Waals surface area contributed by atoms with E-state index >= 15 is 0 Å². The lowest BCUT2D eigenvalue weighted by molar-refractivity contribution is 0.689. The van der Waals surface area contributed by atoms with Gasteiger partial charge in [-0.1, -0.05) is 30.3 Å². The van der Waals surface area contributed by atoms with Crippen molar-refractivity contribution in [3.05, 3.63) is 65.5 Å². The van der Waals surface area contributed by atoms with Crippen LogP contribution in [0, 0.1) is 18.3 Å². The molecule has 0 radical (unpaired) electrons. The quantitative estimate of drug-likeness (QED) is 0.730. The number of fused-ring (bicyclic) bond motifs is 1. The summed E-state index contributed by atoms with van der Waals surface area (Å²) in [6, 6.07) is 16.8. The summed E-state index contributed by atoms with van der Waals surface area (Å²) in [6.07, 6.45) is 3.46. The van der Waals surface area contributed by atoms with Gasteiger partial charge in [-0.05, 0) is 36.6 Å². The standard InChI is InChI=1S/C18H17N3/c1-14-16(9-11-19)17-8-5-12-21(18(17)20-14)13-10-15-6-3-2-4-7-15/h2-8,12H,9-10,13H2,1H3. The SMILES string of the molecule is Cc1nc2n(CCc3ccccc3)cccc-2c1CC#N. The highest BCUT2D eigenvalue weighted by Crippen LogP contribution is 2.28. The third-order valence-electron chi connectivity index (χ3n) is 3.82. The van der Waals surface area contributed by atoms with E-state index in [9.17, 15) is 0 Å². The molecule has 0 atom stereocenters. The van der Waals surface area contributed by atoms with Crippen molar-refractivity contribution >= 4 is 0 Å². The van der Waals surface area contributed by atoms with Crippen molar-refractivity contribution in [2.75, 3.05) is 0 Å². The third kappa shape index (κ3) is 2.66. The van der Waals surface area contributed by atoms with E-state index in [2.05, 4.69) is 52.1 Å². The van der Waals surface area contributed by atoms with Crippen LogP contribution in [-0.4, -0.2) is 9.55 Å². The van der Waals surface area contributed by atoms with E-state index < -0.39 is 0 Å². The van der Waals surface area contributed by atoms with Gasteiger partial charge in [-0.15, -0.1) is 0 Å². The third-order valence-corrected chi connectivity index (χ3v) is 3.82. The van der Waals surface area contributed by atoms with Gasteiger partial charge in [-0.25, -0.2) is 4.98 Å². The number of rotatable bonds is 4. The molecule has 0 amide bonds. The molecule has 0 saturated heterocycles. The molecule has 2 aliphatic heterocycles. The maximum atomic E-state index is 8.96. The molecule has 3 nitrogen and oxygen atoms in total. The van der Waals surface area contributed by atoms with E-state index in [1.165, 1.54) is 5.56 Å². The zero-order chi connectivity index (χ0) is 14.7. The molecule has 0 bridgehead atoms. The van der Waals surface area contributed by atoms with E-state index in [1.54, 1.807) is 0 Å². The van der Waals surface area contributed by atoms with E-state index in [0.29, 0.717) is 6.42 Å². The fraction of sp³-hybridized carbons (Fsp3) is 0.222. The van der Waals surface area contributed by atoms with E-state index in [-0.39, 0.29) is 0 Å². The molecule has 2 aliphatic rings. The fourth-order valence-corrected chi connectivity index (χ4v) is 2.70. The topological polar surface area (TPSA) is 41.6 Å². The molecule has 0 aromatic heterocycles. The minimum Gasteiger partial charge on any atom is -0.332 e. The Hall–Kier alpha value is -2.60. The summed E-state index contributed by atoms with van der Waals surface area (Å²) in [5, 5.41) is 8.96. The first-order chi connectivity index (χ1) is 10.3. The number of pyridine rings is 1. The zero-order valence-electron chi connectivity index (χ0n) is 12.1. The highest BCUT2D eigenvalue weighted by molar-refractivity contribution is 5.65. The van der Waals surface area contributed by atoms with Crippen LogP contribution in [0.25, 0.3) is 11.4 Å². The molecule has 3 heteroatoms. The number of hydrogen-bond acceptors (Lipinski definition) is 2. The minimum absolute atomic E-state index is 0.422. The molecule has 0 saturated carbocycles. The summed E-state index contributed by atoms with van der Waals surface area (Å²) in [7, 11) is 0. The molecule has 1 aromatic carbocycles. The summed E-state index contributed by atoms with van der Waals surface area (Å²) >= 11 is 0. The normalized spacial score (nSPS) is 10.7. The first-order valence-electron chi connectivity index (χ1n) is 7.15. The lowest BCUT2D eigenvalue weighted by Crippen LogP contribution is -2.05.